The van der Waals surface area contributed by atoms with Gasteiger partial charge in [0.25, 0.3) is 0 Å². The van der Waals surface area contributed by atoms with E-state index in [9.17, 15) is 13.2 Å². The summed E-state index contributed by atoms with van der Waals surface area (Å²) in [5, 5.41) is 5.54. The average molecular weight is 368 g/mol. The van der Waals surface area contributed by atoms with E-state index in [4.69, 9.17) is 10.9 Å². The van der Waals surface area contributed by atoms with Crippen LogP contribution >= 0.6 is 0 Å². The van der Waals surface area contributed by atoms with Gasteiger partial charge in [-0.15, -0.1) is 0 Å². The first-order chi connectivity index (χ1) is 11.7. The molecule has 1 aliphatic heterocycles. The molecule has 6 nitrogen and oxygen atoms in total. The molecule has 7 heteroatoms. The van der Waals surface area contributed by atoms with E-state index in [0.717, 1.165) is 12.0 Å². The number of carbonyl (C=O) groups excluding carboxylic acids is 1. The van der Waals surface area contributed by atoms with Gasteiger partial charge in [-0.25, -0.2) is 13.6 Å². The lowest BCUT2D eigenvalue weighted by atomic mass is 9.93. The van der Waals surface area contributed by atoms with E-state index in [1.165, 1.54) is 0 Å². The van der Waals surface area contributed by atoms with E-state index < -0.39 is 26.9 Å². The van der Waals surface area contributed by atoms with Crippen LogP contribution in [0.2, 0.25) is 0 Å². The molecule has 1 fully saturated rings. The fraction of sp³-hybridized carbons (Fsp3) is 0.611. The van der Waals surface area contributed by atoms with Crippen molar-refractivity contribution in [1.29, 1.82) is 0 Å². The Balaban J connectivity index is 2.20. The van der Waals surface area contributed by atoms with E-state index in [-0.39, 0.29) is 5.91 Å². The Labute approximate surface area is 150 Å². The van der Waals surface area contributed by atoms with Gasteiger partial charge in [0.1, 0.15) is 4.75 Å². The molecule has 2 rings (SSSR count). The molecule has 0 aromatic heterocycles. The molecule has 0 bridgehead atoms. The molecule has 1 heterocycles. The number of hydrogen-bond acceptors (Lipinski definition) is 4. The predicted molar refractivity (Wildman–Crippen MR) is 99.3 cm³/mol. The average Bonchev–Trinajstić information content (AvgIpc) is 3.04. The number of likely N-dealkylation sites (tertiary alicyclic amines) is 1. The van der Waals surface area contributed by atoms with Crippen LogP contribution in [-0.4, -0.2) is 42.6 Å². The highest BCUT2D eigenvalue weighted by Crippen LogP contribution is 2.35. The highest BCUT2D eigenvalue weighted by Gasteiger charge is 2.49. The van der Waals surface area contributed by atoms with Gasteiger partial charge < -0.3 is 10.6 Å². The number of primary sulfonamides is 1. The van der Waals surface area contributed by atoms with Gasteiger partial charge >= 0.3 is 0 Å². The van der Waals surface area contributed by atoms with Crippen LogP contribution in [0.4, 0.5) is 0 Å². The quantitative estimate of drug-likeness (QED) is 0.759. The van der Waals surface area contributed by atoms with Crippen LogP contribution in [0.5, 0.6) is 0 Å². The Kier molecular flexibility index (Phi) is 6.24. The van der Waals surface area contributed by atoms with Gasteiger partial charge in [0.2, 0.25) is 15.9 Å². The van der Waals surface area contributed by atoms with Crippen LogP contribution in [0.3, 0.4) is 0 Å². The van der Waals surface area contributed by atoms with Crippen molar-refractivity contribution in [2.45, 2.75) is 62.8 Å². The molecule has 0 aliphatic carbocycles. The summed E-state index contributed by atoms with van der Waals surface area (Å²) < 4.78 is 23.4. The molecule has 0 saturated carbocycles. The second-order valence-electron chi connectivity index (χ2n) is 7.09. The highest BCUT2D eigenvalue weighted by atomic mass is 32.2. The molecule has 1 amide bonds. The van der Waals surface area contributed by atoms with Crippen LogP contribution in [0.25, 0.3) is 0 Å². The molecule has 0 radical (unpaired) electrons. The molecule has 4 N–H and O–H groups in total. The zero-order valence-electron chi connectivity index (χ0n) is 15.0. The van der Waals surface area contributed by atoms with Gasteiger partial charge in [-0.1, -0.05) is 43.7 Å². The Morgan fingerprint density at radius 1 is 1.36 bits per heavy atom. The standard InChI is InChI=1S/C18H29N3O3S/c1-3-11-18(2,25(20,23)24)16-10-7-12-21(16)17(22)15(19)13-14-8-5-4-6-9-14/h4-6,8-9,15-16H,3,7,10-13,19H2,1-2H3,(H2,20,23,24). The maximum absolute atomic E-state index is 12.9. The van der Waals surface area contributed by atoms with E-state index in [1.807, 2.05) is 37.3 Å². The fourth-order valence-electron chi connectivity index (χ4n) is 3.83. The van der Waals surface area contributed by atoms with Crippen molar-refractivity contribution in [3.8, 4) is 0 Å². The van der Waals surface area contributed by atoms with Crippen molar-refractivity contribution in [2.75, 3.05) is 6.54 Å². The molecule has 1 aromatic carbocycles. The second kappa shape index (κ2) is 7.85. The molecular weight excluding hydrogens is 338 g/mol. The summed E-state index contributed by atoms with van der Waals surface area (Å²) in [6, 6.07) is 8.48. The summed E-state index contributed by atoms with van der Waals surface area (Å²) in [6.45, 7) is 4.11. The molecule has 0 spiro atoms. The highest BCUT2D eigenvalue weighted by molar-refractivity contribution is 7.90. The van der Waals surface area contributed by atoms with Crippen LogP contribution < -0.4 is 10.9 Å². The summed E-state index contributed by atoms with van der Waals surface area (Å²) in [6.07, 6.45) is 2.94. The first-order valence-corrected chi connectivity index (χ1v) is 10.4. The van der Waals surface area contributed by atoms with Gasteiger partial charge in [-0.05, 0) is 38.2 Å². The zero-order chi connectivity index (χ0) is 18.7. The minimum Gasteiger partial charge on any atom is -0.337 e. The maximum Gasteiger partial charge on any atom is 0.240 e. The lowest BCUT2D eigenvalue weighted by Crippen LogP contribution is -2.58. The largest absolute Gasteiger partial charge is 0.337 e. The second-order valence-corrected chi connectivity index (χ2v) is 9.12. The molecule has 1 saturated heterocycles. The number of carbonyl (C=O) groups is 1. The smallest absolute Gasteiger partial charge is 0.240 e. The summed E-state index contributed by atoms with van der Waals surface area (Å²) >= 11 is 0. The van der Waals surface area contributed by atoms with Gasteiger partial charge in [0, 0.05) is 6.54 Å². The van der Waals surface area contributed by atoms with Crippen molar-refractivity contribution < 1.29 is 13.2 Å². The molecule has 1 aliphatic rings. The summed E-state index contributed by atoms with van der Waals surface area (Å²) in [4.78, 5) is 14.5. The van der Waals surface area contributed by atoms with Crippen molar-refractivity contribution in [3.63, 3.8) is 0 Å². The number of nitrogens with two attached hydrogens (primary N) is 2. The number of benzene rings is 1. The van der Waals surface area contributed by atoms with E-state index >= 15 is 0 Å². The van der Waals surface area contributed by atoms with Crippen molar-refractivity contribution >= 4 is 15.9 Å². The van der Waals surface area contributed by atoms with Gasteiger partial charge in [-0.3, -0.25) is 4.79 Å². The molecule has 25 heavy (non-hydrogen) atoms. The first-order valence-electron chi connectivity index (χ1n) is 8.83. The third kappa shape index (κ3) is 4.22. The van der Waals surface area contributed by atoms with Gasteiger partial charge in [-0.2, -0.15) is 0 Å². The minimum absolute atomic E-state index is 0.197. The van der Waals surface area contributed by atoms with E-state index in [2.05, 4.69) is 0 Å². The van der Waals surface area contributed by atoms with Crippen LogP contribution in [0, 0.1) is 0 Å². The lowest BCUT2D eigenvalue weighted by molar-refractivity contribution is -0.134. The summed E-state index contributed by atoms with van der Waals surface area (Å²) in [5.41, 5.74) is 7.13. The predicted octanol–water partition coefficient (Wildman–Crippen LogP) is 1.39. The number of amides is 1. The normalized spacial score (nSPS) is 21.8. The molecule has 1 aromatic rings. The number of nitrogens with zero attached hydrogens (tertiary/aromatic N) is 1. The Morgan fingerprint density at radius 2 is 2.00 bits per heavy atom. The third-order valence-electron chi connectivity index (χ3n) is 5.25. The zero-order valence-corrected chi connectivity index (χ0v) is 15.8. The topological polar surface area (TPSA) is 106 Å². The fourth-order valence-corrected chi connectivity index (χ4v) is 4.94. The lowest BCUT2D eigenvalue weighted by Gasteiger charge is -2.39. The Bertz CT molecular complexity index is 693. The van der Waals surface area contributed by atoms with E-state index in [1.54, 1.807) is 11.8 Å². The van der Waals surface area contributed by atoms with Crippen molar-refractivity contribution in [1.82, 2.24) is 4.90 Å². The minimum atomic E-state index is -3.80. The number of hydrogen-bond donors (Lipinski definition) is 2. The molecule has 3 unspecified atom stereocenters. The maximum atomic E-state index is 12.9. The van der Waals surface area contributed by atoms with Crippen LogP contribution in [0.15, 0.2) is 30.3 Å². The number of rotatable bonds is 7. The van der Waals surface area contributed by atoms with Gasteiger partial charge in [0.15, 0.2) is 0 Å². The monoisotopic (exact) mass is 367 g/mol. The van der Waals surface area contributed by atoms with E-state index in [0.29, 0.717) is 32.2 Å². The Hall–Kier alpha value is -1.44. The summed E-state index contributed by atoms with van der Waals surface area (Å²) in [5.74, 6) is -0.197. The summed E-state index contributed by atoms with van der Waals surface area (Å²) in [7, 11) is -3.80. The number of sulfonamides is 1. The SMILES string of the molecule is CCCC(C)(C1CCCN1C(=O)C(N)Cc1ccccc1)S(N)(=O)=O. The first kappa shape index (κ1) is 19.9. The molecule has 3 atom stereocenters. The van der Waals surface area contributed by atoms with Crippen LogP contribution in [-0.2, 0) is 21.2 Å². The third-order valence-corrected chi connectivity index (χ3v) is 7.03. The van der Waals surface area contributed by atoms with Crippen molar-refractivity contribution in [2.24, 2.45) is 10.9 Å². The van der Waals surface area contributed by atoms with Crippen LogP contribution in [0.1, 0.15) is 45.1 Å². The molecule has 140 valence electrons. The van der Waals surface area contributed by atoms with Crippen molar-refractivity contribution in [3.05, 3.63) is 35.9 Å². The Morgan fingerprint density at radius 3 is 2.56 bits per heavy atom. The van der Waals surface area contributed by atoms with Gasteiger partial charge in [0.05, 0.1) is 12.1 Å². The molecular formula is C18H29N3O3S.